The minimum absolute atomic E-state index is 0.0154. The Balaban J connectivity index is 1.95. The fraction of sp³-hybridized carbons (Fsp3) is 0.100. The number of carboxylic acid groups (broad SMARTS) is 1. The van der Waals surface area contributed by atoms with Crippen LogP contribution in [0.15, 0.2) is 66.9 Å². The average Bonchev–Trinajstić information content (AvgIpc) is 2.66. The van der Waals surface area contributed by atoms with Crippen molar-refractivity contribution in [2.75, 3.05) is 0 Å². The molecule has 0 saturated heterocycles. The first-order valence-corrected chi connectivity index (χ1v) is 7.92. The smallest absolute Gasteiger partial charge is 0.433 e. The number of benzene rings is 2. The number of nitrogens with zero attached hydrogens (tertiary/aromatic N) is 1. The molecular weight excluding hydrogens is 359 g/mol. The molecule has 1 heterocycles. The van der Waals surface area contributed by atoms with Crippen molar-refractivity contribution in [1.82, 2.24) is 4.98 Å². The van der Waals surface area contributed by atoms with Crippen molar-refractivity contribution in [3.63, 3.8) is 0 Å². The average molecular weight is 373 g/mol. The maximum absolute atomic E-state index is 12.7. The van der Waals surface area contributed by atoms with Gasteiger partial charge in [0.15, 0.2) is 0 Å². The number of aromatic nitrogens is 1. The Bertz CT molecular complexity index is 939. The van der Waals surface area contributed by atoms with Crippen LogP contribution in [0.3, 0.4) is 0 Å². The number of rotatable bonds is 5. The maximum atomic E-state index is 12.7. The fourth-order valence-electron chi connectivity index (χ4n) is 2.47. The summed E-state index contributed by atoms with van der Waals surface area (Å²) in [6.07, 6.45) is -3.44. The van der Waals surface area contributed by atoms with E-state index in [1.165, 1.54) is 24.3 Å². The van der Waals surface area contributed by atoms with Crippen LogP contribution < -0.4 is 4.74 Å². The van der Waals surface area contributed by atoms with E-state index in [0.717, 1.165) is 17.8 Å². The van der Waals surface area contributed by atoms with Gasteiger partial charge in [0.1, 0.15) is 18.1 Å². The number of carboxylic acids is 1. The number of hydrogen-bond donors (Lipinski definition) is 1. The van der Waals surface area contributed by atoms with E-state index in [9.17, 15) is 23.1 Å². The first kappa shape index (κ1) is 18.4. The molecule has 3 aromatic rings. The molecule has 0 atom stereocenters. The van der Waals surface area contributed by atoms with Crippen LogP contribution in [0, 0.1) is 0 Å². The monoisotopic (exact) mass is 373 g/mol. The largest absolute Gasteiger partial charge is 0.488 e. The van der Waals surface area contributed by atoms with Gasteiger partial charge in [-0.05, 0) is 29.8 Å². The van der Waals surface area contributed by atoms with E-state index in [1.54, 1.807) is 0 Å². The summed E-state index contributed by atoms with van der Waals surface area (Å²) in [7, 11) is 0. The Morgan fingerprint density at radius 2 is 1.78 bits per heavy atom. The Labute approximate surface area is 152 Å². The van der Waals surface area contributed by atoms with Crippen molar-refractivity contribution in [1.29, 1.82) is 0 Å². The van der Waals surface area contributed by atoms with Gasteiger partial charge in [-0.1, -0.05) is 36.4 Å². The number of aromatic carboxylic acids is 1. The van der Waals surface area contributed by atoms with Crippen molar-refractivity contribution >= 4 is 5.97 Å². The summed E-state index contributed by atoms with van der Waals surface area (Å²) in [6, 6.07) is 15.6. The molecule has 3 rings (SSSR count). The Morgan fingerprint density at radius 1 is 1.04 bits per heavy atom. The summed E-state index contributed by atoms with van der Waals surface area (Å²) in [5.74, 6) is -0.878. The molecule has 0 spiro atoms. The van der Waals surface area contributed by atoms with Crippen LogP contribution in [0.5, 0.6) is 5.75 Å². The van der Waals surface area contributed by atoms with Crippen molar-refractivity contribution in [2.24, 2.45) is 0 Å². The molecule has 1 N–H and O–H groups in total. The lowest BCUT2D eigenvalue weighted by atomic mass is 10.0. The van der Waals surface area contributed by atoms with E-state index in [4.69, 9.17) is 4.74 Å². The normalized spacial score (nSPS) is 11.2. The predicted octanol–water partition coefficient (Wildman–Crippen LogP) is 5.04. The minimum Gasteiger partial charge on any atom is -0.488 e. The van der Waals surface area contributed by atoms with Gasteiger partial charge in [-0.15, -0.1) is 0 Å². The van der Waals surface area contributed by atoms with E-state index in [1.807, 2.05) is 30.3 Å². The lowest BCUT2D eigenvalue weighted by Crippen LogP contribution is -2.07. The molecule has 0 amide bonds. The predicted molar refractivity (Wildman–Crippen MR) is 92.4 cm³/mol. The Morgan fingerprint density at radius 3 is 2.37 bits per heavy atom. The summed E-state index contributed by atoms with van der Waals surface area (Å²) >= 11 is 0. The number of carbonyl (C=O) groups is 1. The molecule has 0 fully saturated rings. The van der Waals surface area contributed by atoms with Gasteiger partial charge in [0.05, 0.1) is 5.56 Å². The van der Waals surface area contributed by atoms with Gasteiger partial charge in [0.25, 0.3) is 0 Å². The zero-order chi connectivity index (χ0) is 19.4. The highest BCUT2D eigenvalue weighted by Gasteiger charge is 2.32. The van der Waals surface area contributed by atoms with Gasteiger partial charge in [-0.25, -0.2) is 4.79 Å². The molecule has 1 aromatic heterocycles. The van der Waals surface area contributed by atoms with Crippen LogP contribution in [-0.2, 0) is 12.8 Å². The number of ether oxygens (including phenoxy) is 1. The van der Waals surface area contributed by atoms with E-state index >= 15 is 0 Å². The minimum atomic E-state index is -4.53. The van der Waals surface area contributed by atoms with Gasteiger partial charge in [0.2, 0.25) is 0 Å². The van der Waals surface area contributed by atoms with Gasteiger partial charge in [-0.2, -0.15) is 13.2 Å². The van der Waals surface area contributed by atoms with Crippen LogP contribution in [0.1, 0.15) is 21.6 Å². The number of alkyl halides is 3. The van der Waals surface area contributed by atoms with E-state index in [-0.39, 0.29) is 17.9 Å². The second-order valence-corrected chi connectivity index (χ2v) is 5.72. The van der Waals surface area contributed by atoms with E-state index < -0.39 is 17.8 Å². The highest BCUT2D eigenvalue weighted by Crippen LogP contribution is 2.33. The first-order valence-electron chi connectivity index (χ1n) is 7.92. The maximum Gasteiger partial charge on any atom is 0.433 e. The molecule has 4 nitrogen and oxygen atoms in total. The van der Waals surface area contributed by atoms with E-state index in [0.29, 0.717) is 11.1 Å². The van der Waals surface area contributed by atoms with Gasteiger partial charge in [-0.3, -0.25) is 4.98 Å². The van der Waals surface area contributed by atoms with Crippen LogP contribution in [0.4, 0.5) is 13.2 Å². The van der Waals surface area contributed by atoms with Crippen molar-refractivity contribution in [3.8, 4) is 16.9 Å². The molecule has 0 aliphatic carbocycles. The molecule has 0 unspecified atom stereocenters. The van der Waals surface area contributed by atoms with Crippen molar-refractivity contribution < 1.29 is 27.8 Å². The van der Waals surface area contributed by atoms with Crippen molar-refractivity contribution in [2.45, 2.75) is 12.8 Å². The molecule has 0 aliphatic rings. The second kappa shape index (κ2) is 7.49. The summed E-state index contributed by atoms with van der Waals surface area (Å²) in [5.41, 5.74) is 0.733. The highest BCUT2D eigenvalue weighted by molar-refractivity contribution is 5.89. The topological polar surface area (TPSA) is 59.4 Å². The van der Waals surface area contributed by atoms with Crippen LogP contribution in [0.25, 0.3) is 11.1 Å². The van der Waals surface area contributed by atoms with Crippen molar-refractivity contribution in [3.05, 3.63) is 83.7 Å². The summed E-state index contributed by atoms with van der Waals surface area (Å²) in [4.78, 5) is 14.7. The molecule has 27 heavy (non-hydrogen) atoms. The molecule has 0 aliphatic heterocycles. The lowest BCUT2D eigenvalue weighted by molar-refractivity contribution is -0.141. The molecule has 0 bridgehead atoms. The molecular formula is C20H14F3NO3. The van der Waals surface area contributed by atoms with Crippen LogP contribution >= 0.6 is 0 Å². The molecule has 2 aromatic carbocycles. The zero-order valence-corrected chi connectivity index (χ0v) is 13.9. The highest BCUT2D eigenvalue weighted by atomic mass is 19.4. The third-order valence-corrected chi connectivity index (χ3v) is 3.83. The Kier molecular flexibility index (Phi) is 5.12. The second-order valence-electron chi connectivity index (χ2n) is 5.72. The van der Waals surface area contributed by atoms with Gasteiger partial charge < -0.3 is 9.84 Å². The summed E-state index contributed by atoms with van der Waals surface area (Å²) in [6.45, 7) is 0.185. The SMILES string of the molecule is O=C(O)c1ccc(-c2ccc(C(F)(F)F)nc2)c(OCc2ccccc2)c1. The molecule has 0 radical (unpaired) electrons. The molecule has 7 heteroatoms. The lowest BCUT2D eigenvalue weighted by Gasteiger charge is -2.13. The van der Waals surface area contributed by atoms with E-state index in [2.05, 4.69) is 4.98 Å². The van der Waals surface area contributed by atoms with Crippen LogP contribution in [0.2, 0.25) is 0 Å². The number of halogens is 3. The first-order chi connectivity index (χ1) is 12.8. The third kappa shape index (κ3) is 4.44. The number of pyridine rings is 1. The fourth-order valence-corrected chi connectivity index (χ4v) is 2.47. The molecule has 0 saturated carbocycles. The summed E-state index contributed by atoms with van der Waals surface area (Å²) < 4.78 is 43.8. The standard InChI is InChI=1S/C20H14F3NO3/c21-20(22,23)18-9-7-15(11-24-18)16-8-6-14(19(25)26)10-17(16)27-12-13-4-2-1-3-5-13/h1-11H,12H2,(H,25,26). The zero-order valence-electron chi connectivity index (χ0n) is 13.9. The third-order valence-electron chi connectivity index (χ3n) is 3.83. The molecule has 138 valence electrons. The Hall–Kier alpha value is -3.35. The van der Waals surface area contributed by atoms with Gasteiger partial charge in [0, 0.05) is 17.3 Å². The van der Waals surface area contributed by atoms with Gasteiger partial charge >= 0.3 is 12.1 Å². The summed E-state index contributed by atoms with van der Waals surface area (Å²) in [5, 5.41) is 9.19. The quantitative estimate of drug-likeness (QED) is 0.680. The van der Waals surface area contributed by atoms with Crippen LogP contribution in [-0.4, -0.2) is 16.1 Å². The number of hydrogen-bond acceptors (Lipinski definition) is 3.